The lowest BCUT2D eigenvalue weighted by molar-refractivity contribution is 0.571. The van der Waals surface area contributed by atoms with Gasteiger partial charge in [0.25, 0.3) is 0 Å². The van der Waals surface area contributed by atoms with Gasteiger partial charge in [-0.1, -0.05) is 18.2 Å². The van der Waals surface area contributed by atoms with Crippen LogP contribution >= 0.6 is 0 Å². The Hall–Kier alpha value is -2.40. The van der Waals surface area contributed by atoms with Crippen molar-refractivity contribution in [3.8, 4) is 17.0 Å². The van der Waals surface area contributed by atoms with Crippen molar-refractivity contribution in [2.24, 2.45) is 5.73 Å². The fourth-order valence-electron chi connectivity index (χ4n) is 1.81. The lowest BCUT2D eigenvalue weighted by Gasteiger charge is -1.98. The van der Waals surface area contributed by atoms with Gasteiger partial charge >= 0.3 is 0 Å². The highest BCUT2D eigenvalue weighted by atomic mass is 16.3. The minimum atomic E-state index is 0.350. The smallest absolute Gasteiger partial charge is 0.181 e. The second kappa shape index (κ2) is 4.46. The second-order valence-electron chi connectivity index (χ2n) is 3.84. The maximum Gasteiger partial charge on any atom is 0.181 e. The number of hydrogen-bond donors (Lipinski definition) is 1. The van der Waals surface area contributed by atoms with Crippen molar-refractivity contribution in [1.29, 1.82) is 0 Å². The summed E-state index contributed by atoms with van der Waals surface area (Å²) in [7, 11) is 0. The predicted molar refractivity (Wildman–Crippen MR) is 67.0 cm³/mol. The van der Waals surface area contributed by atoms with Crippen molar-refractivity contribution in [2.75, 3.05) is 0 Å². The molecule has 0 bridgehead atoms. The Balaban J connectivity index is 2.00. The molecule has 0 aliphatic rings. The molecule has 90 valence electrons. The number of nitrogens with zero attached hydrogens (tertiary/aromatic N) is 3. The normalized spacial score (nSPS) is 10.7. The number of rotatable bonds is 3. The van der Waals surface area contributed by atoms with Crippen molar-refractivity contribution in [3.05, 3.63) is 54.8 Å². The Bertz CT molecular complexity index is 642. The van der Waals surface area contributed by atoms with E-state index < -0.39 is 0 Å². The van der Waals surface area contributed by atoms with Gasteiger partial charge in [-0.15, -0.1) is 0 Å². The van der Waals surface area contributed by atoms with Crippen LogP contribution in [0.5, 0.6) is 0 Å². The SMILES string of the molecule is NCc1ncoc1-c1cnn(-c2ccccc2)c1. The molecule has 2 aromatic heterocycles. The van der Waals surface area contributed by atoms with Crippen LogP contribution in [0, 0.1) is 0 Å². The van der Waals surface area contributed by atoms with Crippen LogP contribution in [0.25, 0.3) is 17.0 Å². The monoisotopic (exact) mass is 240 g/mol. The highest BCUT2D eigenvalue weighted by Crippen LogP contribution is 2.23. The standard InChI is InChI=1S/C13H12N4O/c14-6-12-13(18-9-15-12)10-7-16-17(8-10)11-4-2-1-3-5-11/h1-5,7-9H,6,14H2. The lowest BCUT2D eigenvalue weighted by Crippen LogP contribution is -1.97. The van der Waals surface area contributed by atoms with Crippen molar-refractivity contribution >= 4 is 0 Å². The van der Waals surface area contributed by atoms with Gasteiger partial charge in [-0.05, 0) is 12.1 Å². The van der Waals surface area contributed by atoms with Gasteiger partial charge < -0.3 is 10.2 Å². The van der Waals surface area contributed by atoms with E-state index in [1.807, 2.05) is 36.5 Å². The van der Waals surface area contributed by atoms with Gasteiger partial charge in [0.2, 0.25) is 0 Å². The Morgan fingerprint density at radius 3 is 2.83 bits per heavy atom. The number of nitrogens with two attached hydrogens (primary N) is 1. The van der Waals surface area contributed by atoms with E-state index in [4.69, 9.17) is 10.2 Å². The maximum absolute atomic E-state index is 5.60. The van der Waals surface area contributed by atoms with Gasteiger partial charge in [0.15, 0.2) is 12.2 Å². The molecule has 18 heavy (non-hydrogen) atoms. The van der Waals surface area contributed by atoms with E-state index in [2.05, 4.69) is 10.1 Å². The van der Waals surface area contributed by atoms with Crippen LogP contribution in [0.15, 0.2) is 53.5 Å². The summed E-state index contributed by atoms with van der Waals surface area (Å²) in [6, 6.07) is 9.88. The summed E-state index contributed by atoms with van der Waals surface area (Å²) in [4.78, 5) is 4.06. The molecule has 0 atom stereocenters. The van der Waals surface area contributed by atoms with Crippen LogP contribution in [0.2, 0.25) is 0 Å². The topological polar surface area (TPSA) is 69.9 Å². The molecule has 5 nitrogen and oxygen atoms in total. The summed E-state index contributed by atoms with van der Waals surface area (Å²) in [5.74, 6) is 0.680. The molecule has 0 aliphatic carbocycles. The molecule has 2 heterocycles. The van der Waals surface area contributed by atoms with Crippen LogP contribution in [0.4, 0.5) is 0 Å². The quantitative estimate of drug-likeness (QED) is 0.760. The highest BCUT2D eigenvalue weighted by Gasteiger charge is 2.11. The first-order valence-corrected chi connectivity index (χ1v) is 5.61. The molecule has 0 saturated carbocycles. The molecule has 3 rings (SSSR count). The van der Waals surface area contributed by atoms with Crippen LogP contribution in [-0.4, -0.2) is 14.8 Å². The minimum absolute atomic E-state index is 0.350. The molecule has 0 radical (unpaired) electrons. The van der Waals surface area contributed by atoms with Gasteiger partial charge in [0, 0.05) is 12.7 Å². The molecule has 0 aliphatic heterocycles. The molecule has 0 spiro atoms. The molecular formula is C13H12N4O. The van der Waals surface area contributed by atoms with Crippen LogP contribution in [0.3, 0.4) is 0 Å². The average Bonchev–Trinajstić information content (AvgIpc) is 3.08. The number of hydrogen-bond acceptors (Lipinski definition) is 4. The first-order chi connectivity index (χ1) is 8.88. The molecule has 3 aromatic rings. The van der Waals surface area contributed by atoms with E-state index in [0.29, 0.717) is 12.3 Å². The molecule has 0 amide bonds. The largest absolute Gasteiger partial charge is 0.443 e. The lowest BCUT2D eigenvalue weighted by atomic mass is 10.2. The van der Waals surface area contributed by atoms with Gasteiger partial charge in [-0.2, -0.15) is 5.10 Å². The van der Waals surface area contributed by atoms with Crippen molar-refractivity contribution in [2.45, 2.75) is 6.54 Å². The van der Waals surface area contributed by atoms with Gasteiger partial charge in [0.05, 0.1) is 17.4 Å². The molecule has 2 N–H and O–H groups in total. The van der Waals surface area contributed by atoms with E-state index in [0.717, 1.165) is 16.9 Å². The van der Waals surface area contributed by atoms with Crippen molar-refractivity contribution in [1.82, 2.24) is 14.8 Å². The zero-order valence-corrected chi connectivity index (χ0v) is 9.65. The first kappa shape index (κ1) is 10.7. The zero-order chi connectivity index (χ0) is 12.4. The third-order valence-electron chi connectivity index (χ3n) is 2.70. The summed E-state index contributed by atoms with van der Waals surface area (Å²) in [6.45, 7) is 0.350. The van der Waals surface area contributed by atoms with Gasteiger partial charge in [0.1, 0.15) is 5.69 Å². The van der Waals surface area contributed by atoms with Crippen molar-refractivity contribution in [3.63, 3.8) is 0 Å². The molecule has 0 unspecified atom stereocenters. The molecule has 0 saturated heterocycles. The van der Waals surface area contributed by atoms with E-state index in [9.17, 15) is 0 Å². The van der Waals surface area contributed by atoms with E-state index >= 15 is 0 Å². The molecular weight excluding hydrogens is 228 g/mol. The molecule has 1 aromatic carbocycles. The summed E-state index contributed by atoms with van der Waals surface area (Å²) in [5, 5.41) is 4.31. The second-order valence-corrected chi connectivity index (χ2v) is 3.84. The van der Waals surface area contributed by atoms with Gasteiger partial charge in [-0.25, -0.2) is 9.67 Å². The predicted octanol–water partition coefficient (Wildman–Crippen LogP) is 1.99. The Labute approximate surface area is 104 Å². The minimum Gasteiger partial charge on any atom is -0.443 e. The maximum atomic E-state index is 5.60. The van der Waals surface area contributed by atoms with Crippen LogP contribution in [0.1, 0.15) is 5.69 Å². The average molecular weight is 240 g/mol. The van der Waals surface area contributed by atoms with E-state index in [1.165, 1.54) is 6.39 Å². The Morgan fingerprint density at radius 2 is 2.06 bits per heavy atom. The number of benzene rings is 1. The number of aromatic nitrogens is 3. The Kier molecular flexibility index (Phi) is 2.66. The van der Waals surface area contributed by atoms with Crippen LogP contribution < -0.4 is 5.73 Å². The van der Waals surface area contributed by atoms with E-state index in [1.54, 1.807) is 10.9 Å². The van der Waals surface area contributed by atoms with Crippen LogP contribution in [-0.2, 0) is 6.54 Å². The third-order valence-corrected chi connectivity index (χ3v) is 2.70. The van der Waals surface area contributed by atoms with E-state index in [-0.39, 0.29) is 0 Å². The summed E-state index contributed by atoms with van der Waals surface area (Å²) in [6.07, 6.45) is 5.04. The number of para-hydroxylation sites is 1. The first-order valence-electron chi connectivity index (χ1n) is 5.61. The summed E-state index contributed by atoms with van der Waals surface area (Å²) < 4.78 is 7.14. The molecule has 0 fully saturated rings. The molecule has 5 heteroatoms. The van der Waals surface area contributed by atoms with Gasteiger partial charge in [-0.3, -0.25) is 0 Å². The fraction of sp³-hybridized carbons (Fsp3) is 0.0769. The summed E-state index contributed by atoms with van der Waals surface area (Å²) in [5.41, 5.74) is 8.21. The fourth-order valence-corrected chi connectivity index (χ4v) is 1.81. The third kappa shape index (κ3) is 1.80. The zero-order valence-electron chi connectivity index (χ0n) is 9.65. The van der Waals surface area contributed by atoms with Crippen molar-refractivity contribution < 1.29 is 4.42 Å². The highest BCUT2D eigenvalue weighted by molar-refractivity contribution is 5.58. The Morgan fingerprint density at radius 1 is 1.22 bits per heavy atom. The number of oxazole rings is 1. The summed E-state index contributed by atoms with van der Waals surface area (Å²) >= 11 is 0.